The van der Waals surface area contributed by atoms with E-state index in [-0.39, 0.29) is 11.5 Å². The normalized spacial score (nSPS) is 13.1. The first kappa shape index (κ1) is 15.0. The van der Waals surface area contributed by atoms with Crippen LogP contribution in [0.1, 0.15) is 10.5 Å². The van der Waals surface area contributed by atoms with E-state index in [0.717, 1.165) is 10.2 Å². The van der Waals surface area contributed by atoms with E-state index in [2.05, 4.69) is 15.3 Å². The Morgan fingerprint density at radius 3 is 2.81 bits per heavy atom. The summed E-state index contributed by atoms with van der Waals surface area (Å²) in [4.78, 5) is 21.0. The van der Waals surface area contributed by atoms with Gasteiger partial charge in [-0.1, -0.05) is 11.3 Å². The Morgan fingerprint density at radius 1 is 1.15 bits per heavy atom. The molecule has 4 aromatic rings. The van der Waals surface area contributed by atoms with Gasteiger partial charge in [-0.15, -0.1) is 0 Å². The molecule has 0 radical (unpaired) electrons. The third kappa shape index (κ3) is 2.49. The summed E-state index contributed by atoms with van der Waals surface area (Å²) in [7, 11) is 0. The number of oxazole rings is 1. The van der Waals surface area contributed by atoms with Crippen molar-refractivity contribution in [1.29, 1.82) is 0 Å². The maximum Gasteiger partial charge on any atom is 0.280 e. The van der Waals surface area contributed by atoms with Gasteiger partial charge in [-0.05, 0) is 12.1 Å². The second-order valence-electron chi connectivity index (χ2n) is 5.44. The van der Waals surface area contributed by atoms with E-state index in [0.29, 0.717) is 35.6 Å². The molecule has 130 valence electrons. The third-order valence-corrected chi connectivity index (χ3v) is 4.73. The number of rotatable bonds is 3. The largest absolute Gasteiger partial charge is 0.486 e. The van der Waals surface area contributed by atoms with Gasteiger partial charge in [-0.2, -0.15) is 0 Å². The number of hydrogen-bond acceptors (Lipinski definition) is 8. The molecule has 1 aromatic carbocycles. The molecule has 1 N–H and O–H groups in total. The van der Waals surface area contributed by atoms with Gasteiger partial charge >= 0.3 is 0 Å². The van der Waals surface area contributed by atoms with E-state index >= 15 is 0 Å². The number of nitrogens with zero attached hydrogens (tertiary/aromatic N) is 2. The van der Waals surface area contributed by atoms with Gasteiger partial charge in [0.1, 0.15) is 13.2 Å². The molecular weight excluding hydrogens is 358 g/mol. The van der Waals surface area contributed by atoms with Crippen molar-refractivity contribution in [3.05, 3.63) is 42.6 Å². The Bertz CT molecular complexity index is 1060. The number of amides is 1. The van der Waals surface area contributed by atoms with Crippen molar-refractivity contribution in [2.75, 3.05) is 18.5 Å². The molecule has 0 saturated heterocycles. The molecule has 3 aromatic heterocycles. The molecule has 5 rings (SSSR count). The zero-order valence-corrected chi connectivity index (χ0v) is 14.0. The van der Waals surface area contributed by atoms with E-state index in [1.807, 2.05) is 6.07 Å². The molecule has 9 heteroatoms. The first-order chi connectivity index (χ1) is 12.8. The van der Waals surface area contributed by atoms with Crippen LogP contribution in [0.15, 0.2) is 45.8 Å². The second kappa shape index (κ2) is 5.88. The third-order valence-electron chi connectivity index (χ3n) is 3.80. The summed E-state index contributed by atoms with van der Waals surface area (Å²) >= 11 is 1.34. The quantitative estimate of drug-likeness (QED) is 0.589. The van der Waals surface area contributed by atoms with Gasteiger partial charge in [0.25, 0.3) is 5.91 Å². The SMILES string of the molecule is O=C(Nc1nc2cc3c(cc2s1)OCCO3)c1ncoc1-c1ccco1. The summed E-state index contributed by atoms with van der Waals surface area (Å²) in [5.74, 6) is 1.61. The van der Waals surface area contributed by atoms with E-state index < -0.39 is 5.91 Å². The monoisotopic (exact) mass is 369 g/mol. The molecule has 0 spiro atoms. The summed E-state index contributed by atoms with van der Waals surface area (Å²) < 4.78 is 22.6. The van der Waals surface area contributed by atoms with Crippen molar-refractivity contribution in [2.24, 2.45) is 0 Å². The number of ether oxygens (including phenoxy) is 2. The van der Waals surface area contributed by atoms with Crippen LogP contribution in [0, 0.1) is 0 Å². The van der Waals surface area contributed by atoms with E-state index in [1.165, 1.54) is 24.0 Å². The van der Waals surface area contributed by atoms with Crippen molar-refractivity contribution in [2.45, 2.75) is 0 Å². The Hall–Kier alpha value is -3.33. The number of hydrogen-bond donors (Lipinski definition) is 1. The fourth-order valence-electron chi connectivity index (χ4n) is 2.67. The van der Waals surface area contributed by atoms with Gasteiger partial charge in [0.2, 0.25) is 5.76 Å². The van der Waals surface area contributed by atoms with Gasteiger partial charge in [0, 0.05) is 12.1 Å². The lowest BCUT2D eigenvalue weighted by atomic mass is 10.2. The maximum absolute atomic E-state index is 12.6. The molecule has 0 fully saturated rings. The number of aromatic nitrogens is 2. The summed E-state index contributed by atoms with van der Waals surface area (Å²) in [5.41, 5.74) is 0.853. The van der Waals surface area contributed by atoms with Crippen LogP contribution in [0.2, 0.25) is 0 Å². The van der Waals surface area contributed by atoms with Gasteiger partial charge in [-0.3, -0.25) is 10.1 Å². The summed E-state index contributed by atoms with van der Waals surface area (Å²) in [5, 5.41) is 3.19. The molecular formula is C17H11N3O5S. The van der Waals surface area contributed by atoms with Gasteiger partial charge in [0.05, 0.1) is 16.5 Å². The highest BCUT2D eigenvalue weighted by Gasteiger charge is 2.22. The molecule has 0 aliphatic carbocycles. The highest BCUT2D eigenvalue weighted by molar-refractivity contribution is 7.22. The maximum atomic E-state index is 12.6. The fraction of sp³-hybridized carbons (Fsp3) is 0.118. The van der Waals surface area contributed by atoms with Crippen LogP contribution in [0.4, 0.5) is 5.13 Å². The van der Waals surface area contributed by atoms with Crippen LogP contribution in [0.25, 0.3) is 21.7 Å². The number of fused-ring (bicyclic) bond motifs is 2. The minimum Gasteiger partial charge on any atom is -0.486 e. The van der Waals surface area contributed by atoms with Crippen LogP contribution in [0.5, 0.6) is 11.5 Å². The first-order valence-electron chi connectivity index (χ1n) is 7.77. The standard InChI is InChI=1S/C17H11N3O5S/c21-16(14-15(25-8-18-14)10-2-1-3-22-10)20-17-19-9-6-11-12(7-13(9)26-17)24-5-4-23-11/h1-3,6-8H,4-5H2,(H,19,20,21). The van der Waals surface area contributed by atoms with Crippen LogP contribution in [0.3, 0.4) is 0 Å². The van der Waals surface area contributed by atoms with Crippen LogP contribution in [-0.2, 0) is 0 Å². The Balaban J connectivity index is 1.45. The van der Waals surface area contributed by atoms with Crippen molar-refractivity contribution >= 4 is 32.6 Å². The number of carbonyl (C=O) groups excluding carboxylic acids is 1. The summed E-state index contributed by atoms with van der Waals surface area (Å²) in [6.45, 7) is 1.02. The highest BCUT2D eigenvalue weighted by atomic mass is 32.1. The van der Waals surface area contributed by atoms with Crippen LogP contribution < -0.4 is 14.8 Å². The Morgan fingerprint density at radius 2 is 2.00 bits per heavy atom. The summed E-state index contributed by atoms with van der Waals surface area (Å²) in [6.07, 6.45) is 2.70. The molecule has 0 bridgehead atoms. The molecule has 1 amide bonds. The lowest BCUT2D eigenvalue weighted by Gasteiger charge is -2.17. The lowest BCUT2D eigenvalue weighted by molar-refractivity contribution is 0.102. The smallest absolute Gasteiger partial charge is 0.280 e. The van der Waals surface area contributed by atoms with Crippen molar-refractivity contribution in [3.8, 4) is 23.0 Å². The van der Waals surface area contributed by atoms with Gasteiger partial charge < -0.3 is 18.3 Å². The first-order valence-corrected chi connectivity index (χ1v) is 8.58. The predicted octanol–water partition coefficient (Wildman–Crippen LogP) is 3.57. The summed E-state index contributed by atoms with van der Waals surface area (Å²) in [6, 6.07) is 7.07. The molecule has 0 saturated carbocycles. The fourth-order valence-corrected chi connectivity index (χ4v) is 3.54. The number of furan rings is 1. The van der Waals surface area contributed by atoms with Crippen molar-refractivity contribution < 1.29 is 23.1 Å². The predicted molar refractivity (Wildman–Crippen MR) is 92.8 cm³/mol. The second-order valence-corrected chi connectivity index (χ2v) is 6.47. The molecule has 8 nitrogen and oxygen atoms in total. The molecule has 1 aliphatic rings. The Kier molecular flexibility index (Phi) is 3.39. The van der Waals surface area contributed by atoms with Crippen LogP contribution >= 0.6 is 11.3 Å². The minimum atomic E-state index is -0.429. The lowest BCUT2D eigenvalue weighted by Crippen LogP contribution is -2.15. The van der Waals surface area contributed by atoms with Crippen molar-refractivity contribution in [1.82, 2.24) is 9.97 Å². The van der Waals surface area contributed by atoms with E-state index in [1.54, 1.807) is 18.2 Å². The topological polar surface area (TPSA) is 99.6 Å². The van der Waals surface area contributed by atoms with Gasteiger partial charge in [-0.25, -0.2) is 9.97 Å². The van der Waals surface area contributed by atoms with Gasteiger partial charge in [0.15, 0.2) is 34.5 Å². The van der Waals surface area contributed by atoms with Crippen molar-refractivity contribution in [3.63, 3.8) is 0 Å². The average molecular weight is 369 g/mol. The van der Waals surface area contributed by atoms with E-state index in [9.17, 15) is 4.79 Å². The molecule has 0 atom stereocenters. The number of thiazole rings is 1. The minimum absolute atomic E-state index is 0.130. The number of benzene rings is 1. The molecule has 26 heavy (non-hydrogen) atoms. The highest BCUT2D eigenvalue weighted by Crippen LogP contribution is 2.38. The zero-order valence-electron chi connectivity index (χ0n) is 13.2. The molecule has 1 aliphatic heterocycles. The van der Waals surface area contributed by atoms with E-state index in [4.69, 9.17) is 18.3 Å². The number of anilines is 1. The number of carbonyl (C=O) groups is 1. The molecule has 0 unspecified atom stereocenters. The van der Waals surface area contributed by atoms with Crippen LogP contribution in [-0.4, -0.2) is 29.1 Å². The average Bonchev–Trinajstić information content (AvgIpc) is 3.38. The zero-order chi connectivity index (χ0) is 17.5. The number of nitrogens with one attached hydrogen (secondary N) is 1. The molecule has 4 heterocycles. The Labute approximate surface area is 150 Å².